The molecule has 0 saturated carbocycles. The molecule has 22 heavy (non-hydrogen) atoms. The molecule has 8 heteroatoms. The Labute approximate surface area is 137 Å². The molecule has 0 spiro atoms. The molecule has 2 rings (SSSR count). The Kier molecular flexibility index (Phi) is 7.28. The highest BCUT2D eigenvalue weighted by molar-refractivity contribution is 7.89. The van der Waals surface area contributed by atoms with Crippen LogP contribution in [-0.4, -0.2) is 40.5 Å². The van der Waals surface area contributed by atoms with E-state index in [1.165, 1.54) is 12.1 Å². The van der Waals surface area contributed by atoms with Gasteiger partial charge in [0, 0.05) is 31.7 Å². The summed E-state index contributed by atoms with van der Waals surface area (Å²) in [5.74, 6) is 0.0920. The predicted molar refractivity (Wildman–Crippen MR) is 89.0 cm³/mol. The molecule has 1 amide bonds. The Balaban J connectivity index is 0.00000242. The number of carbonyl (C=O) groups is 1. The molecule has 1 saturated heterocycles. The Morgan fingerprint density at radius 1 is 1.18 bits per heavy atom. The minimum absolute atomic E-state index is 0. The molecule has 0 unspecified atom stereocenters. The van der Waals surface area contributed by atoms with Crippen molar-refractivity contribution in [2.75, 3.05) is 31.1 Å². The summed E-state index contributed by atoms with van der Waals surface area (Å²) in [6.07, 6.45) is 1.41. The van der Waals surface area contributed by atoms with Crippen molar-refractivity contribution in [1.82, 2.24) is 10.0 Å². The maximum atomic E-state index is 12.1. The van der Waals surface area contributed by atoms with Gasteiger partial charge in [-0.3, -0.25) is 4.79 Å². The van der Waals surface area contributed by atoms with E-state index >= 15 is 0 Å². The fraction of sp³-hybridized carbons (Fsp3) is 0.500. The van der Waals surface area contributed by atoms with E-state index in [2.05, 4.69) is 10.0 Å². The molecule has 0 aromatic heterocycles. The van der Waals surface area contributed by atoms with E-state index in [4.69, 9.17) is 0 Å². The predicted octanol–water partition coefficient (Wildman–Crippen LogP) is 1.12. The average Bonchev–Trinajstić information content (AvgIpc) is 2.90. The Hall–Kier alpha value is -1.15. The van der Waals surface area contributed by atoms with Crippen LogP contribution in [0.4, 0.5) is 5.69 Å². The highest BCUT2D eigenvalue weighted by Crippen LogP contribution is 2.22. The first kappa shape index (κ1) is 18.9. The van der Waals surface area contributed by atoms with E-state index in [-0.39, 0.29) is 23.2 Å². The van der Waals surface area contributed by atoms with Gasteiger partial charge in [-0.2, -0.15) is 0 Å². The van der Waals surface area contributed by atoms with Crippen molar-refractivity contribution >= 4 is 34.0 Å². The highest BCUT2D eigenvalue weighted by atomic mass is 35.5. The largest absolute Gasteiger partial charge is 0.316 e. The van der Waals surface area contributed by atoms with Crippen molar-refractivity contribution in [3.05, 3.63) is 24.3 Å². The summed E-state index contributed by atoms with van der Waals surface area (Å²) in [4.78, 5) is 13.6. The van der Waals surface area contributed by atoms with Crippen molar-refractivity contribution < 1.29 is 13.2 Å². The van der Waals surface area contributed by atoms with Gasteiger partial charge in [0.25, 0.3) is 0 Å². The molecule has 1 aliphatic rings. The van der Waals surface area contributed by atoms with E-state index in [9.17, 15) is 13.2 Å². The number of nitrogens with one attached hydrogen (secondary N) is 2. The van der Waals surface area contributed by atoms with Crippen molar-refractivity contribution in [2.45, 2.75) is 24.7 Å². The van der Waals surface area contributed by atoms with Crippen molar-refractivity contribution in [1.29, 1.82) is 0 Å². The number of amides is 1. The second kappa shape index (κ2) is 8.47. The molecule has 1 aliphatic heterocycles. The van der Waals surface area contributed by atoms with E-state index in [1.807, 2.05) is 6.92 Å². The van der Waals surface area contributed by atoms with Gasteiger partial charge in [-0.25, -0.2) is 13.1 Å². The van der Waals surface area contributed by atoms with Gasteiger partial charge >= 0.3 is 0 Å². The fourth-order valence-electron chi connectivity index (χ4n) is 2.26. The molecule has 0 bridgehead atoms. The molecule has 1 heterocycles. The molecular formula is C14H22ClN3O3S. The number of carbonyl (C=O) groups excluding carboxylic acids is 1. The van der Waals surface area contributed by atoms with Gasteiger partial charge in [-0.1, -0.05) is 6.92 Å². The molecule has 6 nitrogen and oxygen atoms in total. The molecule has 0 atom stereocenters. The standard InChI is InChI=1S/C14H21N3O3S.ClH/c1-2-15-9-10-16-21(19,20)13-7-5-12(6-8-13)17-11-3-4-14(17)18;/h5-8,15-16H,2-4,9-11H2,1H3;1H. The molecule has 2 N–H and O–H groups in total. The third-order valence-electron chi connectivity index (χ3n) is 3.38. The van der Waals surface area contributed by atoms with Crippen LogP contribution in [0.15, 0.2) is 29.2 Å². The zero-order valence-electron chi connectivity index (χ0n) is 12.5. The first-order chi connectivity index (χ1) is 10.0. The number of halogens is 1. The smallest absolute Gasteiger partial charge is 0.240 e. The summed E-state index contributed by atoms with van der Waals surface area (Å²) in [6.45, 7) is 4.41. The highest BCUT2D eigenvalue weighted by Gasteiger charge is 2.22. The van der Waals surface area contributed by atoms with Gasteiger partial charge in [0.1, 0.15) is 0 Å². The SMILES string of the molecule is CCNCCNS(=O)(=O)c1ccc(N2CCCC2=O)cc1.Cl. The van der Waals surface area contributed by atoms with Crippen molar-refractivity contribution in [3.63, 3.8) is 0 Å². The average molecular weight is 348 g/mol. The molecule has 0 aliphatic carbocycles. The number of hydrogen-bond donors (Lipinski definition) is 2. The van der Waals surface area contributed by atoms with Crippen LogP contribution in [0, 0.1) is 0 Å². The number of hydrogen-bond acceptors (Lipinski definition) is 4. The summed E-state index contributed by atoms with van der Waals surface area (Å²) in [6, 6.07) is 6.44. The first-order valence-electron chi connectivity index (χ1n) is 7.15. The second-order valence-corrected chi connectivity index (χ2v) is 6.66. The Morgan fingerprint density at radius 3 is 2.41 bits per heavy atom. The van der Waals surface area contributed by atoms with Gasteiger partial charge in [-0.05, 0) is 37.2 Å². The quantitative estimate of drug-likeness (QED) is 0.725. The lowest BCUT2D eigenvalue weighted by Gasteiger charge is -2.16. The van der Waals surface area contributed by atoms with Crippen LogP contribution >= 0.6 is 12.4 Å². The van der Waals surface area contributed by atoms with E-state index in [0.29, 0.717) is 26.1 Å². The number of nitrogens with zero attached hydrogens (tertiary/aromatic N) is 1. The molecule has 1 fully saturated rings. The maximum absolute atomic E-state index is 12.1. The minimum Gasteiger partial charge on any atom is -0.316 e. The third-order valence-corrected chi connectivity index (χ3v) is 4.85. The summed E-state index contributed by atoms with van der Waals surface area (Å²) < 4.78 is 26.7. The Morgan fingerprint density at radius 2 is 1.86 bits per heavy atom. The van der Waals surface area contributed by atoms with Crippen LogP contribution in [0.25, 0.3) is 0 Å². The number of anilines is 1. The minimum atomic E-state index is -3.49. The molecule has 124 valence electrons. The zero-order valence-corrected chi connectivity index (χ0v) is 14.2. The zero-order chi connectivity index (χ0) is 15.3. The molecular weight excluding hydrogens is 326 g/mol. The van der Waals surface area contributed by atoms with Gasteiger partial charge < -0.3 is 10.2 Å². The monoisotopic (exact) mass is 347 g/mol. The van der Waals surface area contributed by atoms with Crippen LogP contribution in [0.5, 0.6) is 0 Å². The van der Waals surface area contributed by atoms with E-state index in [1.54, 1.807) is 17.0 Å². The Bertz CT molecular complexity index is 590. The van der Waals surface area contributed by atoms with Gasteiger partial charge in [0.15, 0.2) is 0 Å². The fourth-order valence-corrected chi connectivity index (χ4v) is 3.29. The lowest BCUT2D eigenvalue weighted by Crippen LogP contribution is -2.31. The lowest BCUT2D eigenvalue weighted by atomic mass is 10.3. The molecule has 0 radical (unpaired) electrons. The number of benzene rings is 1. The summed E-state index contributed by atoms with van der Waals surface area (Å²) in [5.41, 5.74) is 0.754. The summed E-state index contributed by atoms with van der Waals surface area (Å²) in [7, 11) is -3.49. The van der Waals surface area contributed by atoms with Crippen LogP contribution in [-0.2, 0) is 14.8 Å². The number of rotatable bonds is 7. The van der Waals surface area contributed by atoms with Gasteiger partial charge in [0.05, 0.1) is 4.90 Å². The van der Waals surface area contributed by atoms with Crippen LogP contribution < -0.4 is 14.9 Å². The van der Waals surface area contributed by atoms with Gasteiger partial charge in [-0.15, -0.1) is 12.4 Å². The topological polar surface area (TPSA) is 78.5 Å². The third kappa shape index (κ3) is 4.67. The van der Waals surface area contributed by atoms with Crippen molar-refractivity contribution in [3.8, 4) is 0 Å². The van der Waals surface area contributed by atoms with Crippen LogP contribution in [0.2, 0.25) is 0 Å². The van der Waals surface area contributed by atoms with E-state index < -0.39 is 10.0 Å². The summed E-state index contributed by atoms with van der Waals surface area (Å²) >= 11 is 0. The second-order valence-electron chi connectivity index (χ2n) is 4.89. The summed E-state index contributed by atoms with van der Waals surface area (Å²) in [5, 5.41) is 3.05. The lowest BCUT2D eigenvalue weighted by molar-refractivity contribution is -0.117. The first-order valence-corrected chi connectivity index (χ1v) is 8.63. The van der Waals surface area contributed by atoms with Crippen molar-refractivity contribution in [2.24, 2.45) is 0 Å². The normalized spacial score (nSPS) is 15.0. The molecule has 1 aromatic rings. The maximum Gasteiger partial charge on any atom is 0.240 e. The van der Waals surface area contributed by atoms with Gasteiger partial charge in [0.2, 0.25) is 15.9 Å². The molecule has 1 aromatic carbocycles. The number of sulfonamides is 1. The number of likely N-dealkylation sites (N-methyl/N-ethyl adjacent to an activating group) is 1. The van der Waals surface area contributed by atoms with E-state index in [0.717, 1.165) is 18.7 Å². The van der Waals surface area contributed by atoms with Crippen LogP contribution in [0.3, 0.4) is 0 Å². The van der Waals surface area contributed by atoms with Crippen LogP contribution in [0.1, 0.15) is 19.8 Å².